The summed E-state index contributed by atoms with van der Waals surface area (Å²) in [4.78, 5) is 0. The van der Waals surface area contributed by atoms with E-state index in [2.05, 4.69) is 15.4 Å². The van der Waals surface area contributed by atoms with Crippen molar-refractivity contribution in [1.82, 2.24) is 9.44 Å². The summed E-state index contributed by atoms with van der Waals surface area (Å²) in [5.74, 6) is 2.33. The van der Waals surface area contributed by atoms with Crippen LogP contribution in [0, 0.1) is 12.3 Å². The van der Waals surface area contributed by atoms with Crippen molar-refractivity contribution in [2.45, 2.75) is 26.3 Å². The van der Waals surface area contributed by atoms with Crippen LogP contribution in [0.5, 0.6) is 0 Å². The molecule has 0 saturated carbocycles. The van der Waals surface area contributed by atoms with Gasteiger partial charge in [-0.3, -0.25) is 0 Å². The minimum atomic E-state index is -3.44. The molecule has 0 rings (SSSR count). The zero-order valence-corrected chi connectivity index (χ0v) is 8.33. The summed E-state index contributed by atoms with van der Waals surface area (Å²) in [7, 11) is -3.44. The van der Waals surface area contributed by atoms with E-state index in [1.165, 1.54) is 0 Å². The third-order valence-electron chi connectivity index (χ3n) is 1.08. The first-order chi connectivity index (χ1) is 5.33. The van der Waals surface area contributed by atoms with Gasteiger partial charge < -0.3 is 0 Å². The van der Waals surface area contributed by atoms with Gasteiger partial charge in [0.25, 0.3) is 10.2 Å². The molecular formula is C7H14N2O2S. The van der Waals surface area contributed by atoms with Crippen LogP contribution < -0.4 is 9.44 Å². The zero-order valence-electron chi connectivity index (χ0n) is 7.51. The molecule has 0 aliphatic rings. The Labute approximate surface area is 73.9 Å². The normalized spacial score (nSPS) is 12.5. The van der Waals surface area contributed by atoms with E-state index in [1.54, 1.807) is 20.8 Å². The van der Waals surface area contributed by atoms with Crippen molar-refractivity contribution in [2.75, 3.05) is 6.54 Å². The molecular weight excluding hydrogens is 176 g/mol. The highest BCUT2D eigenvalue weighted by Crippen LogP contribution is 2.00. The Kier molecular flexibility index (Phi) is 3.71. The van der Waals surface area contributed by atoms with Crippen LogP contribution in [-0.4, -0.2) is 20.5 Å². The molecule has 0 heterocycles. The number of hydrogen-bond donors (Lipinski definition) is 2. The van der Waals surface area contributed by atoms with Crippen molar-refractivity contribution < 1.29 is 8.42 Å². The maximum Gasteiger partial charge on any atom is 0.278 e. The van der Waals surface area contributed by atoms with Gasteiger partial charge in [-0.25, -0.2) is 4.72 Å². The Morgan fingerprint density at radius 2 is 2.00 bits per heavy atom. The predicted octanol–water partition coefficient (Wildman–Crippen LogP) is -0.158. The quantitative estimate of drug-likeness (QED) is 0.605. The maximum atomic E-state index is 11.1. The van der Waals surface area contributed by atoms with Crippen LogP contribution in [0.15, 0.2) is 0 Å². The molecule has 0 aliphatic heterocycles. The average molecular weight is 190 g/mol. The number of nitrogens with one attached hydrogen (secondary N) is 2. The summed E-state index contributed by atoms with van der Waals surface area (Å²) >= 11 is 0. The van der Waals surface area contributed by atoms with E-state index in [0.717, 1.165) is 0 Å². The van der Waals surface area contributed by atoms with Crippen LogP contribution in [-0.2, 0) is 10.2 Å². The first-order valence-corrected chi connectivity index (χ1v) is 5.07. The van der Waals surface area contributed by atoms with E-state index in [9.17, 15) is 8.42 Å². The topological polar surface area (TPSA) is 58.2 Å². The second kappa shape index (κ2) is 3.90. The molecule has 0 fully saturated rings. The highest BCUT2D eigenvalue weighted by atomic mass is 32.2. The fraction of sp³-hybridized carbons (Fsp3) is 0.714. The summed E-state index contributed by atoms with van der Waals surface area (Å²) in [6.45, 7) is 5.27. The van der Waals surface area contributed by atoms with Crippen LogP contribution in [0.4, 0.5) is 0 Å². The molecule has 0 amide bonds. The molecule has 0 aliphatic carbocycles. The molecule has 0 aromatic rings. The first-order valence-electron chi connectivity index (χ1n) is 3.59. The third kappa shape index (κ3) is 4.34. The molecule has 0 saturated heterocycles. The van der Waals surface area contributed by atoms with Crippen molar-refractivity contribution >= 4 is 10.2 Å². The Morgan fingerprint density at radius 3 is 2.33 bits per heavy atom. The molecule has 0 bridgehead atoms. The van der Waals surface area contributed by atoms with E-state index < -0.39 is 15.7 Å². The van der Waals surface area contributed by atoms with Crippen LogP contribution in [0.3, 0.4) is 0 Å². The number of terminal acetylenes is 1. The lowest BCUT2D eigenvalue weighted by Gasteiger charge is -2.19. The molecule has 70 valence electrons. The van der Waals surface area contributed by atoms with Gasteiger partial charge in [0.15, 0.2) is 0 Å². The SMILES string of the molecule is C#CC(C)(C)NS(=O)(=O)NCC. The van der Waals surface area contributed by atoms with E-state index in [4.69, 9.17) is 6.42 Å². The lowest BCUT2D eigenvalue weighted by atomic mass is 10.1. The van der Waals surface area contributed by atoms with Gasteiger partial charge in [-0.15, -0.1) is 6.42 Å². The third-order valence-corrected chi connectivity index (χ3v) is 2.53. The van der Waals surface area contributed by atoms with Crippen molar-refractivity contribution in [3.05, 3.63) is 0 Å². The van der Waals surface area contributed by atoms with Gasteiger partial charge in [-0.2, -0.15) is 13.1 Å². The Hall–Kier alpha value is -0.570. The van der Waals surface area contributed by atoms with E-state index >= 15 is 0 Å². The highest BCUT2D eigenvalue weighted by molar-refractivity contribution is 7.87. The maximum absolute atomic E-state index is 11.1. The smallest absolute Gasteiger partial charge is 0.203 e. The van der Waals surface area contributed by atoms with Gasteiger partial charge in [0, 0.05) is 6.54 Å². The monoisotopic (exact) mass is 190 g/mol. The lowest BCUT2D eigenvalue weighted by molar-refractivity contribution is 0.528. The number of rotatable bonds is 4. The molecule has 0 unspecified atom stereocenters. The van der Waals surface area contributed by atoms with Gasteiger partial charge in [0.2, 0.25) is 0 Å². The van der Waals surface area contributed by atoms with Crippen LogP contribution in [0.1, 0.15) is 20.8 Å². The molecule has 5 heteroatoms. The van der Waals surface area contributed by atoms with E-state index in [0.29, 0.717) is 6.54 Å². The molecule has 0 atom stereocenters. The minimum absolute atomic E-state index is 0.343. The van der Waals surface area contributed by atoms with Crippen molar-refractivity contribution in [1.29, 1.82) is 0 Å². The molecule has 12 heavy (non-hydrogen) atoms. The van der Waals surface area contributed by atoms with Gasteiger partial charge in [0.1, 0.15) is 0 Å². The van der Waals surface area contributed by atoms with Crippen molar-refractivity contribution in [3.63, 3.8) is 0 Å². The van der Waals surface area contributed by atoms with E-state index in [-0.39, 0.29) is 0 Å². The van der Waals surface area contributed by atoms with Crippen LogP contribution in [0.25, 0.3) is 0 Å². The fourth-order valence-corrected chi connectivity index (χ4v) is 1.77. The van der Waals surface area contributed by atoms with Gasteiger partial charge in [-0.05, 0) is 13.8 Å². The second-order valence-electron chi connectivity index (χ2n) is 2.87. The first kappa shape index (κ1) is 11.4. The molecule has 0 radical (unpaired) electrons. The zero-order chi connectivity index (χ0) is 9.83. The van der Waals surface area contributed by atoms with E-state index in [1.807, 2.05) is 0 Å². The number of hydrogen-bond acceptors (Lipinski definition) is 2. The highest BCUT2D eigenvalue weighted by Gasteiger charge is 2.20. The van der Waals surface area contributed by atoms with Crippen molar-refractivity contribution in [3.8, 4) is 12.3 Å². The lowest BCUT2D eigenvalue weighted by Crippen LogP contribution is -2.47. The Bertz CT molecular complexity index is 274. The summed E-state index contributed by atoms with van der Waals surface area (Å²) in [5, 5.41) is 0. The molecule has 4 nitrogen and oxygen atoms in total. The molecule has 2 N–H and O–H groups in total. The van der Waals surface area contributed by atoms with Gasteiger partial charge in [-0.1, -0.05) is 12.8 Å². The minimum Gasteiger partial charge on any atom is -0.203 e. The second-order valence-corrected chi connectivity index (χ2v) is 4.37. The summed E-state index contributed by atoms with van der Waals surface area (Å²) in [6.07, 6.45) is 5.10. The largest absolute Gasteiger partial charge is 0.278 e. The average Bonchev–Trinajstić information content (AvgIpc) is 1.85. The molecule has 0 aromatic heterocycles. The summed E-state index contributed by atoms with van der Waals surface area (Å²) < 4.78 is 26.8. The summed E-state index contributed by atoms with van der Waals surface area (Å²) in [6, 6.07) is 0. The Balaban J connectivity index is 4.38. The summed E-state index contributed by atoms with van der Waals surface area (Å²) in [5.41, 5.74) is -0.846. The van der Waals surface area contributed by atoms with Crippen LogP contribution in [0.2, 0.25) is 0 Å². The van der Waals surface area contributed by atoms with Gasteiger partial charge in [0.05, 0.1) is 5.54 Å². The van der Waals surface area contributed by atoms with Crippen molar-refractivity contribution in [2.24, 2.45) is 0 Å². The predicted molar refractivity (Wildman–Crippen MR) is 48.6 cm³/mol. The molecule has 0 spiro atoms. The van der Waals surface area contributed by atoms with Crippen LogP contribution >= 0.6 is 0 Å². The fourth-order valence-electron chi connectivity index (χ4n) is 0.591. The standard InChI is InChI=1S/C7H14N2O2S/c1-5-7(3,4)9-12(10,11)8-6-2/h1,8-9H,6H2,2-4H3. The Morgan fingerprint density at radius 1 is 1.50 bits per heavy atom. The van der Waals surface area contributed by atoms with Gasteiger partial charge >= 0.3 is 0 Å². The molecule has 0 aromatic carbocycles.